The first-order valence-electron chi connectivity index (χ1n) is 6.22. The SMILES string of the molecule is CCOC(=O)C(N)Cc1c[nH]c2ccc(OC)cc12.Cl. The highest BCUT2D eigenvalue weighted by molar-refractivity contribution is 5.86. The molecule has 0 amide bonds. The maximum atomic E-state index is 11.5. The maximum absolute atomic E-state index is 11.5. The first-order chi connectivity index (χ1) is 9.15. The molecule has 0 spiro atoms. The van der Waals surface area contributed by atoms with Crippen molar-refractivity contribution in [2.75, 3.05) is 13.7 Å². The summed E-state index contributed by atoms with van der Waals surface area (Å²) in [6.45, 7) is 2.11. The standard InChI is InChI=1S/C14H18N2O3.ClH/c1-3-19-14(17)12(15)6-9-8-16-13-5-4-10(18-2)7-11(9)13;/h4-5,7-8,12,16H,3,6,15H2,1-2H3;1H. The van der Waals surface area contributed by atoms with Crippen molar-refractivity contribution in [1.82, 2.24) is 4.98 Å². The third kappa shape index (κ3) is 3.43. The molecule has 1 aromatic carbocycles. The number of fused-ring (bicyclic) bond motifs is 1. The van der Waals surface area contributed by atoms with Gasteiger partial charge in [-0.05, 0) is 30.7 Å². The second-order valence-electron chi connectivity index (χ2n) is 4.29. The largest absolute Gasteiger partial charge is 0.497 e. The van der Waals surface area contributed by atoms with Gasteiger partial charge in [-0.3, -0.25) is 4.79 Å². The number of H-pyrrole nitrogens is 1. The van der Waals surface area contributed by atoms with Crippen LogP contribution in [-0.2, 0) is 16.0 Å². The summed E-state index contributed by atoms with van der Waals surface area (Å²) in [6, 6.07) is 5.10. The van der Waals surface area contributed by atoms with Gasteiger partial charge in [0.1, 0.15) is 11.8 Å². The number of methoxy groups -OCH3 is 1. The first kappa shape index (κ1) is 16.3. The third-order valence-electron chi connectivity index (χ3n) is 3.00. The van der Waals surface area contributed by atoms with E-state index in [0.29, 0.717) is 13.0 Å². The van der Waals surface area contributed by atoms with Crippen LogP contribution in [0.15, 0.2) is 24.4 Å². The van der Waals surface area contributed by atoms with Crippen molar-refractivity contribution < 1.29 is 14.3 Å². The molecule has 1 atom stereocenters. The molecule has 0 saturated carbocycles. The number of esters is 1. The van der Waals surface area contributed by atoms with Crippen LogP contribution in [0.4, 0.5) is 0 Å². The van der Waals surface area contributed by atoms with Crippen LogP contribution in [0.2, 0.25) is 0 Å². The van der Waals surface area contributed by atoms with Gasteiger partial charge in [0.05, 0.1) is 13.7 Å². The monoisotopic (exact) mass is 298 g/mol. The Bertz CT molecular complexity index is 583. The average molecular weight is 299 g/mol. The Morgan fingerprint density at radius 3 is 2.85 bits per heavy atom. The van der Waals surface area contributed by atoms with Gasteiger partial charge in [-0.2, -0.15) is 0 Å². The minimum absolute atomic E-state index is 0. The van der Waals surface area contributed by atoms with E-state index in [0.717, 1.165) is 22.2 Å². The molecule has 1 heterocycles. The molecule has 0 aliphatic carbocycles. The van der Waals surface area contributed by atoms with Crippen LogP contribution >= 0.6 is 12.4 Å². The smallest absolute Gasteiger partial charge is 0.323 e. The van der Waals surface area contributed by atoms with E-state index < -0.39 is 6.04 Å². The van der Waals surface area contributed by atoms with Gasteiger partial charge in [0.15, 0.2) is 0 Å². The normalized spacial score (nSPS) is 11.8. The molecule has 2 rings (SSSR count). The molecule has 0 fully saturated rings. The Morgan fingerprint density at radius 2 is 2.20 bits per heavy atom. The number of nitrogens with two attached hydrogens (primary N) is 1. The minimum atomic E-state index is -0.648. The molecule has 0 aliphatic heterocycles. The molecule has 2 aromatic rings. The van der Waals surface area contributed by atoms with Crippen LogP contribution in [0.25, 0.3) is 10.9 Å². The fourth-order valence-electron chi connectivity index (χ4n) is 2.02. The van der Waals surface area contributed by atoms with Gasteiger partial charge >= 0.3 is 5.97 Å². The Labute approximate surface area is 123 Å². The second kappa shape index (κ2) is 7.17. The molecular weight excluding hydrogens is 280 g/mol. The van der Waals surface area contributed by atoms with Crippen LogP contribution in [0.5, 0.6) is 5.75 Å². The Kier molecular flexibility index (Phi) is 5.85. The number of carbonyl (C=O) groups is 1. The van der Waals surface area contributed by atoms with Crippen LogP contribution < -0.4 is 10.5 Å². The van der Waals surface area contributed by atoms with Gasteiger partial charge in [-0.15, -0.1) is 12.4 Å². The molecule has 110 valence electrons. The number of ether oxygens (including phenoxy) is 2. The number of benzene rings is 1. The van der Waals surface area contributed by atoms with Gasteiger partial charge in [0, 0.05) is 23.5 Å². The van der Waals surface area contributed by atoms with Crippen LogP contribution in [0.3, 0.4) is 0 Å². The van der Waals surface area contributed by atoms with E-state index in [9.17, 15) is 4.79 Å². The van der Waals surface area contributed by atoms with E-state index >= 15 is 0 Å². The highest BCUT2D eigenvalue weighted by Crippen LogP contribution is 2.24. The number of hydrogen-bond acceptors (Lipinski definition) is 4. The number of carbonyl (C=O) groups excluding carboxylic acids is 1. The lowest BCUT2D eigenvalue weighted by atomic mass is 10.1. The van der Waals surface area contributed by atoms with E-state index in [1.54, 1.807) is 14.0 Å². The van der Waals surface area contributed by atoms with Gasteiger partial charge in [0.25, 0.3) is 0 Å². The van der Waals surface area contributed by atoms with Crippen molar-refractivity contribution in [3.8, 4) is 5.75 Å². The van der Waals surface area contributed by atoms with Crippen molar-refractivity contribution in [1.29, 1.82) is 0 Å². The molecule has 1 unspecified atom stereocenters. The lowest BCUT2D eigenvalue weighted by Gasteiger charge is -2.09. The maximum Gasteiger partial charge on any atom is 0.323 e. The summed E-state index contributed by atoms with van der Waals surface area (Å²) in [5, 5.41) is 1.01. The molecule has 3 N–H and O–H groups in total. The van der Waals surface area contributed by atoms with Gasteiger partial charge in [0.2, 0.25) is 0 Å². The van der Waals surface area contributed by atoms with E-state index in [1.165, 1.54) is 0 Å². The van der Waals surface area contributed by atoms with Crippen molar-refractivity contribution in [3.05, 3.63) is 30.0 Å². The van der Waals surface area contributed by atoms with E-state index in [2.05, 4.69) is 4.98 Å². The zero-order valence-corrected chi connectivity index (χ0v) is 12.3. The lowest BCUT2D eigenvalue weighted by molar-refractivity contribution is -0.144. The van der Waals surface area contributed by atoms with Crippen LogP contribution in [0.1, 0.15) is 12.5 Å². The molecule has 0 saturated heterocycles. The number of hydrogen-bond donors (Lipinski definition) is 2. The summed E-state index contributed by atoms with van der Waals surface area (Å²) in [4.78, 5) is 14.7. The van der Waals surface area contributed by atoms with Crippen molar-refractivity contribution >= 4 is 29.3 Å². The zero-order chi connectivity index (χ0) is 13.8. The van der Waals surface area contributed by atoms with E-state index in [4.69, 9.17) is 15.2 Å². The minimum Gasteiger partial charge on any atom is -0.497 e. The molecule has 0 aliphatic rings. The fourth-order valence-corrected chi connectivity index (χ4v) is 2.02. The number of aromatic amines is 1. The number of nitrogens with one attached hydrogen (secondary N) is 1. The first-order valence-corrected chi connectivity index (χ1v) is 6.22. The zero-order valence-electron chi connectivity index (χ0n) is 11.5. The van der Waals surface area contributed by atoms with Crippen molar-refractivity contribution in [2.24, 2.45) is 5.73 Å². The van der Waals surface area contributed by atoms with E-state index in [-0.39, 0.29) is 18.4 Å². The number of rotatable bonds is 5. The molecule has 5 nitrogen and oxygen atoms in total. The highest BCUT2D eigenvalue weighted by Gasteiger charge is 2.17. The van der Waals surface area contributed by atoms with Gasteiger partial charge in [-0.1, -0.05) is 0 Å². The number of aromatic nitrogens is 1. The van der Waals surface area contributed by atoms with E-state index in [1.807, 2.05) is 24.4 Å². The summed E-state index contributed by atoms with van der Waals surface area (Å²) in [5.74, 6) is 0.401. The molecule has 1 aromatic heterocycles. The molecule has 0 bridgehead atoms. The summed E-state index contributed by atoms with van der Waals surface area (Å²) < 4.78 is 10.1. The second-order valence-corrected chi connectivity index (χ2v) is 4.29. The molecule has 20 heavy (non-hydrogen) atoms. The van der Waals surface area contributed by atoms with Crippen molar-refractivity contribution in [3.63, 3.8) is 0 Å². The molecule has 6 heteroatoms. The van der Waals surface area contributed by atoms with Gasteiger partial charge < -0.3 is 20.2 Å². The molecule has 0 radical (unpaired) electrons. The summed E-state index contributed by atoms with van der Waals surface area (Å²) in [7, 11) is 1.62. The summed E-state index contributed by atoms with van der Waals surface area (Å²) in [6.07, 6.45) is 2.30. The Hall–Kier alpha value is -1.72. The topological polar surface area (TPSA) is 77.3 Å². The fraction of sp³-hybridized carbons (Fsp3) is 0.357. The molecular formula is C14H19ClN2O3. The Morgan fingerprint density at radius 1 is 1.45 bits per heavy atom. The quantitative estimate of drug-likeness (QED) is 0.828. The van der Waals surface area contributed by atoms with Gasteiger partial charge in [-0.25, -0.2) is 0 Å². The predicted molar refractivity (Wildman–Crippen MR) is 80.4 cm³/mol. The Balaban J connectivity index is 0.00000200. The van der Waals surface area contributed by atoms with Crippen LogP contribution in [0, 0.1) is 0 Å². The lowest BCUT2D eigenvalue weighted by Crippen LogP contribution is -2.34. The van der Waals surface area contributed by atoms with Crippen molar-refractivity contribution in [2.45, 2.75) is 19.4 Å². The summed E-state index contributed by atoms with van der Waals surface area (Å²) >= 11 is 0. The van der Waals surface area contributed by atoms with Crippen LogP contribution in [-0.4, -0.2) is 30.7 Å². The highest BCUT2D eigenvalue weighted by atomic mass is 35.5. The summed E-state index contributed by atoms with van der Waals surface area (Å²) in [5.41, 5.74) is 7.81. The predicted octanol–water partition coefficient (Wildman–Crippen LogP) is 2.03. The third-order valence-corrected chi connectivity index (χ3v) is 3.00. The number of halogens is 1. The average Bonchev–Trinajstić information content (AvgIpc) is 2.81.